The van der Waals surface area contributed by atoms with Gasteiger partial charge >= 0.3 is 0 Å². The standard InChI is InChI=1S/C13H17NO/c1-2-4-13-12(3-1)11(9-15-13)8-14-7-10-5-6-10/h1-4,10-11,14H,5-9H2. The van der Waals surface area contributed by atoms with E-state index in [1.807, 2.05) is 6.07 Å². The number of nitrogens with one attached hydrogen (secondary N) is 1. The number of hydrogen-bond acceptors (Lipinski definition) is 2. The van der Waals surface area contributed by atoms with Crippen molar-refractivity contribution in [1.29, 1.82) is 0 Å². The molecule has 1 aliphatic heterocycles. The Morgan fingerprint density at radius 1 is 1.20 bits per heavy atom. The highest BCUT2D eigenvalue weighted by Gasteiger charge is 2.25. The first kappa shape index (κ1) is 9.22. The van der Waals surface area contributed by atoms with Crippen LogP contribution < -0.4 is 10.1 Å². The highest BCUT2D eigenvalue weighted by molar-refractivity contribution is 5.39. The molecule has 2 nitrogen and oxygen atoms in total. The first-order valence-electron chi connectivity index (χ1n) is 5.86. The van der Waals surface area contributed by atoms with Crippen LogP contribution in [-0.4, -0.2) is 19.7 Å². The molecule has 1 fully saturated rings. The zero-order valence-electron chi connectivity index (χ0n) is 8.91. The smallest absolute Gasteiger partial charge is 0.122 e. The molecular weight excluding hydrogens is 186 g/mol. The molecule has 0 amide bonds. The van der Waals surface area contributed by atoms with Crippen molar-refractivity contribution < 1.29 is 4.74 Å². The second kappa shape index (κ2) is 3.86. The van der Waals surface area contributed by atoms with Gasteiger partial charge in [-0.1, -0.05) is 18.2 Å². The molecule has 0 saturated heterocycles. The maximum atomic E-state index is 5.64. The molecule has 2 aliphatic rings. The van der Waals surface area contributed by atoms with Crippen molar-refractivity contribution in [2.45, 2.75) is 18.8 Å². The summed E-state index contributed by atoms with van der Waals surface area (Å²) in [5.41, 5.74) is 1.38. The first-order chi connectivity index (χ1) is 7.43. The Hall–Kier alpha value is -1.02. The molecule has 0 aromatic heterocycles. The Kier molecular flexibility index (Phi) is 2.37. The van der Waals surface area contributed by atoms with E-state index in [-0.39, 0.29) is 0 Å². The van der Waals surface area contributed by atoms with Crippen LogP contribution in [0.4, 0.5) is 0 Å². The molecule has 2 heteroatoms. The first-order valence-corrected chi connectivity index (χ1v) is 5.86. The van der Waals surface area contributed by atoms with Gasteiger partial charge < -0.3 is 10.1 Å². The summed E-state index contributed by atoms with van der Waals surface area (Å²) in [7, 11) is 0. The summed E-state index contributed by atoms with van der Waals surface area (Å²) in [6.45, 7) is 3.10. The third kappa shape index (κ3) is 2.00. The third-order valence-electron chi connectivity index (χ3n) is 3.32. The van der Waals surface area contributed by atoms with Gasteiger partial charge in [-0.25, -0.2) is 0 Å². The van der Waals surface area contributed by atoms with E-state index in [0.717, 1.165) is 24.8 Å². The van der Waals surface area contributed by atoms with Gasteiger partial charge in [-0.15, -0.1) is 0 Å². The maximum absolute atomic E-state index is 5.64. The number of hydrogen-bond donors (Lipinski definition) is 1. The molecule has 1 N–H and O–H groups in total. The average molecular weight is 203 g/mol. The number of ether oxygens (including phenoxy) is 1. The van der Waals surface area contributed by atoms with Crippen LogP contribution in [0.15, 0.2) is 24.3 Å². The molecule has 1 aromatic carbocycles. The Morgan fingerprint density at radius 3 is 2.93 bits per heavy atom. The fourth-order valence-corrected chi connectivity index (χ4v) is 2.18. The zero-order chi connectivity index (χ0) is 10.1. The molecule has 15 heavy (non-hydrogen) atoms. The molecule has 0 spiro atoms. The minimum Gasteiger partial charge on any atom is -0.493 e. The predicted molar refractivity (Wildman–Crippen MR) is 60.3 cm³/mol. The van der Waals surface area contributed by atoms with Gasteiger partial charge in [0.15, 0.2) is 0 Å². The average Bonchev–Trinajstić information content (AvgIpc) is 3.00. The van der Waals surface area contributed by atoms with Gasteiger partial charge in [-0.2, -0.15) is 0 Å². The van der Waals surface area contributed by atoms with Crippen molar-refractivity contribution in [3.63, 3.8) is 0 Å². The van der Waals surface area contributed by atoms with Crippen LogP contribution in [-0.2, 0) is 0 Å². The van der Waals surface area contributed by atoms with E-state index in [1.54, 1.807) is 0 Å². The van der Waals surface area contributed by atoms with Crippen LogP contribution >= 0.6 is 0 Å². The predicted octanol–water partition coefficient (Wildman–Crippen LogP) is 2.16. The van der Waals surface area contributed by atoms with Crippen molar-refractivity contribution >= 4 is 0 Å². The van der Waals surface area contributed by atoms with E-state index in [2.05, 4.69) is 23.5 Å². The van der Waals surface area contributed by atoms with Crippen LogP contribution in [0.25, 0.3) is 0 Å². The molecule has 80 valence electrons. The van der Waals surface area contributed by atoms with Crippen molar-refractivity contribution in [3.8, 4) is 5.75 Å². The highest BCUT2D eigenvalue weighted by atomic mass is 16.5. The quantitative estimate of drug-likeness (QED) is 0.809. The Bertz CT molecular complexity index is 346. The number of fused-ring (bicyclic) bond motifs is 1. The second-order valence-corrected chi connectivity index (χ2v) is 4.65. The Morgan fingerprint density at radius 2 is 2.07 bits per heavy atom. The largest absolute Gasteiger partial charge is 0.493 e. The van der Waals surface area contributed by atoms with Gasteiger partial charge in [0.1, 0.15) is 5.75 Å². The van der Waals surface area contributed by atoms with Crippen LogP contribution in [0.5, 0.6) is 5.75 Å². The molecule has 1 aliphatic carbocycles. The zero-order valence-corrected chi connectivity index (χ0v) is 8.91. The van der Waals surface area contributed by atoms with Gasteiger partial charge in [0.25, 0.3) is 0 Å². The number of benzene rings is 1. The molecule has 0 radical (unpaired) electrons. The van der Waals surface area contributed by atoms with Crippen LogP contribution in [0.1, 0.15) is 24.3 Å². The van der Waals surface area contributed by atoms with Gasteiger partial charge in [-0.05, 0) is 31.4 Å². The lowest BCUT2D eigenvalue weighted by Crippen LogP contribution is -2.24. The summed E-state index contributed by atoms with van der Waals surface area (Å²) in [5.74, 6) is 2.60. The lowest BCUT2D eigenvalue weighted by molar-refractivity contribution is 0.326. The monoisotopic (exact) mass is 203 g/mol. The SMILES string of the molecule is c1ccc2c(c1)OCC2CNCC1CC1. The van der Waals surface area contributed by atoms with Crippen molar-refractivity contribution in [2.24, 2.45) is 5.92 Å². The fraction of sp³-hybridized carbons (Fsp3) is 0.538. The lowest BCUT2D eigenvalue weighted by atomic mass is 10.0. The maximum Gasteiger partial charge on any atom is 0.122 e. The molecule has 1 atom stereocenters. The van der Waals surface area contributed by atoms with Gasteiger partial charge in [0.05, 0.1) is 6.61 Å². The molecule has 1 heterocycles. The lowest BCUT2D eigenvalue weighted by Gasteiger charge is -2.09. The van der Waals surface area contributed by atoms with E-state index in [4.69, 9.17) is 4.74 Å². The van der Waals surface area contributed by atoms with Crippen LogP contribution in [0, 0.1) is 5.92 Å². The molecule has 1 aromatic rings. The third-order valence-corrected chi connectivity index (χ3v) is 3.32. The second-order valence-electron chi connectivity index (χ2n) is 4.65. The van der Waals surface area contributed by atoms with Gasteiger partial charge in [0.2, 0.25) is 0 Å². The van der Waals surface area contributed by atoms with E-state index in [1.165, 1.54) is 24.9 Å². The van der Waals surface area contributed by atoms with E-state index in [0.29, 0.717) is 5.92 Å². The number of rotatable bonds is 4. The van der Waals surface area contributed by atoms with Gasteiger partial charge in [-0.3, -0.25) is 0 Å². The minimum atomic E-state index is 0.556. The van der Waals surface area contributed by atoms with Crippen LogP contribution in [0.2, 0.25) is 0 Å². The summed E-state index contributed by atoms with van der Waals surface area (Å²) >= 11 is 0. The summed E-state index contributed by atoms with van der Waals surface area (Å²) < 4.78 is 5.64. The highest BCUT2D eigenvalue weighted by Crippen LogP contribution is 2.33. The molecular formula is C13H17NO. The molecule has 0 bridgehead atoms. The normalized spacial score (nSPS) is 23.6. The summed E-state index contributed by atoms with van der Waals surface area (Å²) in [6, 6.07) is 8.39. The van der Waals surface area contributed by atoms with Gasteiger partial charge in [0, 0.05) is 18.0 Å². The van der Waals surface area contributed by atoms with Crippen LogP contribution in [0.3, 0.4) is 0 Å². The topological polar surface area (TPSA) is 21.3 Å². The van der Waals surface area contributed by atoms with E-state index < -0.39 is 0 Å². The molecule has 1 saturated carbocycles. The minimum absolute atomic E-state index is 0.556. The molecule has 1 unspecified atom stereocenters. The fourth-order valence-electron chi connectivity index (χ4n) is 2.18. The summed E-state index contributed by atoms with van der Waals surface area (Å²) in [6.07, 6.45) is 2.84. The Labute approximate surface area is 90.6 Å². The summed E-state index contributed by atoms with van der Waals surface area (Å²) in [5, 5.41) is 3.55. The van der Waals surface area contributed by atoms with Crippen molar-refractivity contribution in [1.82, 2.24) is 5.32 Å². The van der Waals surface area contributed by atoms with Crippen molar-refractivity contribution in [2.75, 3.05) is 19.7 Å². The van der Waals surface area contributed by atoms with E-state index in [9.17, 15) is 0 Å². The summed E-state index contributed by atoms with van der Waals surface area (Å²) in [4.78, 5) is 0. The van der Waals surface area contributed by atoms with E-state index >= 15 is 0 Å². The molecule has 3 rings (SSSR count). The van der Waals surface area contributed by atoms with Crippen molar-refractivity contribution in [3.05, 3.63) is 29.8 Å². The number of para-hydroxylation sites is 1. The Balaban J connectivity index is 1.58.